The summed E-state index contributed by atoms with van der Waals surface area (Å²) in [6.45, 7) is 8.19. The van der Waals surface area contributed by atoms with Crippen LogP contribution in [0.15, 0.2) is 17.1 Å². The number of guanidine groups is 1. The predicted octanol–water partition coefficient (Wildman–Crippen LogP) is 3.08. The molecule has 2 N–H and O–H groups in total. The van der Waals surface area contributed by atoms with E-state index in [0.717, 1.165) is 41.7 Å². The smallest absolute Gasteiger partial charge is 0.203 e. The fraction of sp³-hybridized carbons (Fsp3) is 0.500. The first-order valence-electron chi connectivity index (χ1n) is 9.26. The topological polar surface area (TPSA) is 77.0 Å². The molecule has 1 aromatic heterocycles. The van der Waals surface area contributed by atoms with E-state index in [1.54, 1.807) is 32.7 Å². The van der Waals surface area contributed by atoms with Gasteiger partial charge < -0.3 is 24.8 Å². The van der Waals surface area contributed by atoms with Gasteiger partial charge in [0.25, 0.3) is 0 Å². The lowest BCUT2D eigenvalue weighted by atomic mass is 10.1. The molecular formula is C20H30N4O3S. The van der Waals surface area contributed by atoms with Crippen LogP contribution in [0.25, 0.3) is 0 Å². The average Bonchev–Trinajstić information content (AvgIpc) is 3.02. The molecule has 154 valence electrons. The van der Waals surface area contributed by atoms with Crippen LogP contribution >= 0.6 is 11.3 Å². The molecule has 0 bridgehead atoms. The van der Waals surface area contributed by atoms with Crippen LogP contribution in [0.4, 0.5) is 0 Å². The van der Waals surface area contributed by atoms with Crippen molar-refractivity contribution in [3.8, 4) is 17.2 Å². The largest absolute Gasteiger partial charge is 0.493 e. The second-order valence-electron chi connectivity index (χ2n) is 6.11. The number of ether oxygens (including phenoxy) is 3. The Bertz CT molecular complexity index is 785. The summed E-state index contributed by atoms with van der Waals surface area (Å²) in [4.78, 5) is 10.5. The molecule has 0 fully saturated rings. The maximum atomic E-state index is 5.53. The van der Waals surface area contributed by atoms with Crippen molar-refractivity contribution in [2.45, 2.75) is 33.7 Å². The third kappa shape index (κ3) is 5.51. The van der Waals surface area contributed by atoms with E-state index in [2.05, 4.69) is 27.5 Å². The summed E-state index contributed by atoms with van der Waals surface area (Å²) >= 11 is 1.75. The summed E-state index contributed by atoms with van der Waals surface area (Å²) in [5, 5.41) is 7.77. The fourth-order valence-electron chi connectivity index (χ4n) is 2.73. The molecule has 1 heterocycles. The maximum absolute atomic E-state index is 5.53. The van der Waals surface area contributed by atoms with Crippen LogP contribution in [0.2, 0.25) is 0 Å². The highest BCUT2D eigenvalue weighted by Gasteiger charge is 2.15. The zero-order chi connectivity index (χ0) is 20.5. The Morgan fingerprint density at radius 3 is 2.39 bits per heavy atom. The minimum atomic E-state index is 0.453. The fourth-order valence-corrected chi connectivity index (χ4v) is 3.66. The second-order valence-corrected chi connectivity index (χ2v) is 7.40. The molecule has 8 heteroatoms. The van der Waals surface area contributed by atoms with Crippen LogP contribution in [-0.4, -0.2) is 45.4 Å². The van der Waals surface area contributed by atoms with E-state index in [1.165, 1.54) is 4.88 Å². The predicted molar refractivity (Wildman–Crippen MR) is 114 cm³/mol. The molecule has 1 aromatic carbocycles. The van der Waals surface area contributed by atoms with E-state index < -0.39 is 0 Å². The van der Waals surface area contributed by atoms with Crippen LogP contribution in [0, 0.1) is 13.8 Å². The summed E-state index contributed by atoms with van der Waals surface area (Å²) in [6, 6.07) is 3.80. The van der Waals surface area contributed by atoms with Gasteiger partial charge in [-0.05, 0) is 32.9 Å². The van der Waals surface area contributed by atoms with Gasteiger partial charge in [0, 0.05) is 30.0 Å². The molecule has 0 aliphatic rings. The lowest BCUT2D eigenvalue weighted by Gasteiger charge is -2.15. The van der Waals surface area contributed by atoms with E-state index >= 15 is 0 Å². The molecule has 0 unspecified atom stereocenters. The number of aliphatic imine (C=N–C) groups is 1. The lowest BCUT2D eigenvalue weighted by molar-refractivity contribution is 0.322. The molecule has 0 aliphatic carbocycles. The zero-order valence-corrected chi connectivity index (χ0v) is 18.3. The molecule has 0 aliphatic heterocycles. The average molecular weight is 407 g/mol. The van der Waals surface area contributed by atoms with Gasteiger partial charge in [0.05, 0.1) is 38.6 Å². The van der Waals surface area contributed by atoms with Crippen molar-refractivity contribution in [1.29, 1.82) is 0 Å². The summed E-state index contributed by atoms with van der Waals surface area (Å²) in [5.41, 5.74) is 2.03. The Kier molecular flexibility index (Phi) is 8.38. The van der Waals surface area contributed by atoms with E-state index in [4.69, 9.17) is 14.2 Å². The van der Waals surface area contributed by atoms with Crippen molar-refractivity contribution in [2.24, 2.45) is 4.99 Å². The van der Waals surface area contributed by atoms with E-state index in [0.29, 0.717) is 23.8 Å². The molecule has 0 amide bonds. The number of methoxy groups -OCH3 is 3. The Labute approximate surface area is 171 Å². The first-order chi connectivity index (χ1) is 13.5. The van der Waals surface area contributed by atoms with Crippen molar-refractivity contribution in [3.63, 3.8) is 0 Å². The van der Waals surface area contributed by atoms with Gasteiger partial charge in [0.2, 0.25) is 5.75 Å². The molecular weight excluding hydrogens is 376 g/mol. The molecule has 0 atom stereocenters. The van der Waals surface area contributed by atoms with Crippen LogP contribution in [-0.2, 0) is 13.0 Å². The van der Waals surface area contributed by atoms with Crippen molar-refractivity contribution < 1.29 is 14.2 Å². The first-order valence-corrected chi connectivity index (χ1v) is 10.1. The van der Waals surface area contributed by atoms with Gasteiger partial charge in [0.1, 0.15) is 0 Å². The van der Waals surface area contributed by atoms with Gasteiger partial charge >= 0.3 is 0 Å². The van der Waals surface area contributed by atoms with Crippen molar-refractivity contribution in [3.05, 3.63) is 33.3 Å². The highest BCUT2D eigenvalue weighted by Crippen LogP contribution is 2.39. The number of nitrogens with zero attached hydrogens (tertiary/aromatic N) is 2. The molecule has 0 spiro atoms. The van der Waals surface area contributed by atoms with Gasteiger partial charge in [-0.2, -0.15) is 0 Å². The van der Waals surface area contributed by atoms with Crippen LogP contribution < -0.4 is 24.8 Å². The number of aromatic nitrogens is 1. The van der Waals surface area contributed by atoms with Gasteiger partial charge in [-0.15, -0.1) is 11.3 Å². The maximum Gasteiger partial charge on any atom is 0.203 e. The number of hydrogen-bond acceptors (Lipinski definition) is 6. The number of benzene rings is 1. The van der Waals surface area contributed by atoms with Crippen LogP contribution in [0.5, 0.6) is 17.2 Å². The van der Waals surface area contributed by atoms with E-state index in [1.807, 2.05) is 26.0 Å². The van der Waals surface area contributed by atoms with Crippen molar-refractivity contribution in [1.82, 2.24) is 15.6 Å². The Hall–Kier alpha value is -2.48. The Balaban J connectivity index is 2.07. The summed E-state index contributed by atoms with van der Waals surface area (Å²) in [5.74, 6) is 2.59. The number of aryl methyl sites for hydroxylation is 2. The van der Waals surface area contributed by atoms with Gasteiger partial charge in [-0.1, -0.05) is 0 Å². The third-order valence-electron chi connectivity index (χ3n) is 4.24. The minimum Gasteiger partial charge on any atom is -0.493 e. The highest BCUT2D eigenvalue weighted by atomic mass is 32.1. The summed E-state index contributed by atoms with van der Waals surface area (Å²) in [6.07, 6.45) is 0.865. The third-order valence-corrected chi connectivity index (χ3v) is 5.37. The van der Waals surface area contributed by atoms with Gasteiger partial charge in [0.15, 0.2) is 17.5 Å². The Morgan fingerprint density at radius 2 is 1.82 bits per heavy atom. The zero-order valence-electron chi connectivity index (χ0n) is 17.5. The molecule has 0 saturated heterocycles. The molecule has 0 saturated carbocycles. The summed E-state index contributed by atoms with van der Waals surface area (Å²) in [7, 11) is 4.82. The molecule has 2 rings (SSSR count). The SMILES string of the molecule is CCNC(=NCc1ccc(OC)c(OC)c1OC)NCCc1nc(C)c(C)s1. The normalized spacial score (nSPS) is 11.3. The molecule has 0 radical (unpaired) electrons. The van der Waals surface area contributed by atoms with E-state index in [9.17, 15) is 0 Å². The van der Waals surface area contributed by atoms with Crippen LogP contribution in [0.3, 0.4) is 0 Å². The number of hydrogen-bond donors (Lipinski definition) is 2. The number of thiazole rings is 1. The first kappa shape index (κ1) is 21.8. The molecule has 7 nitrogen and oxygen atoms in total. The minimum absolute atomic E-state index is 0.453. The molecule has 28 heavy (non-hydrogen) atoms. The van der Waals surface area contributed by atoms with Crippen LogP contribution in [0.1, 0.15) is 28.1 Å². The monoisotopic (exact) mass is 406 g/mol. The second kappa shape index (κ2) is 10.8. The van der Waals surface area contributed by atoms with Crippen molar-refractivity contribution in [2.75, 3.05) is 34.4 Å². The lowest BCUT2D eigenvalue weighted by Crippen LogP contribution is -2.38. The van der Waals surface area contributed by atoms with Crippen molar-refractivity contribution >= 4 is 17.3 Å². The number of nitrogens with one attached hydrogen (secondary N) is 2. The van der Waals surface area contributed by atoms with E-state index in [-0.39, 0.29) is 0 Å². The van der Waals surface area contributed by atoms with Gasteiger partial charge in [-0.3, -0.25) is 0 Å². The van der Waals surface area contributed by atoms with Gasteiger partial charge in [-0.25, -0.2) is 9.98 Å². The quantitative estimate of drug-likeness (QED) is 0.492. The summed E-state index contributed by atoms with van der Waals surface area (Å²) < 4.78 is 16.3. The molecule has 2 aromatic rings. The standard InChI is InChI=1S/C20H30N4O3S/c1-7-21-20(22-11-10-17-24-13(2)14(3)28-17)23-12-15-8-9-16(25-4)19(27-6)18(15)26-5/h8-9H,7,10-12H2,1-6H3,(H2,21,22,23). The number of rotatable bonds is 9. The Morgan fingerprint density at radius 1 is 1.07 bits per heavy atom. The highest BCUT2D eigenvalue weighted by molar-refractivity contribution is 7.11.